The number of carbonyl (C=O) groups excluding carboxylic acids is 2. The van der Waals surface area contributed by atoms with E-state index < -0.39 is 17.8 Å². The average Bonchev–Trinajstić information content (AvgIpc) is 2.74. The van der Waals surface area contributed by atoms with Crippen LogP contribution in [0.4, 0.5) is 5.69 Å². The fourth-order valence-electron chi connectivity index (χ4n) is 3.10. The lowest BCUT2D eigenvalue weighted by Crippen LogP contribution is -2.54. The molecule has 2 aromatic rings. The summed E-state index contributed by atoms with van der Waals surface area (Å²) in [5.41, 5.74) is 0.787. The molecule has 2 aromatic carbocycles. The van der Waals surface area contributed by atoms with E-state index in [2.05, 4.69) is 21.2 Å². The van der Waals surface area contributed by atoms with Gasteiger partial charge in [-0.1, -0.05) is 0 Å². The van der Waals surface area contributed by atoms with Crippen LogP contribution in [-0.4, -0.2) is 40.7 Å². The topological polar surface area (TPSA) is 105 Å². The van der Waals surface area contributed by atoms with E-state index in [-0.39, 0.29) is 22.4 Å². The third-order valence-electron chi connectivity index (χ3n) is 4.47. The Hall–Kier alpha value is -3.24. The predicted molar refractivity (Wildman–Crippen MR) is 131 cm³/mol. The van der Waals surface area contributed by atoms with Gasteiger partial charge in [-0.3, -0.25) is 19.8 Å². The number of halogens is 1. The number of thiocarbonyl (C=S) groups is 1. The second-order valence-electron chi connectivity index (χ2n) is 7.24. The minimum Gasteiger partial charge on any atom is -0.490 e. The van der Waals surface area contributed by atoms with Gasteiger partial charge in [0.2, 0.25) is 0 Å². The van der Waals surface area contributed by atoms with E-state index in [1.165, 1.54) is 30.3 Å². The fourth-order valence-corrected chi connectivity index (χ4v) is 3.93. The van der Waals surface area contributed by atoms with E-state index in [0.717, 1.165) is 4.90 Å². The van der Waals surface area contributed by atoms with Gasteiger partial charge in [0, 0.05) is 0 Å². The fraction of sp³-hybridized carbons (Fsp3) is 0.217. The molecule has 0 spiro atoms. The highest BCUT2D eigenvalue weighted by atomic mass is 79.9. The van der Waals surface area contributed by atoms with Crippen LogP contribution in [0.2, 0.25) is 0 Å². The van der Waals surface area contributed by atoms with Gasteiger partial charge in [0.05, 0.1) is 28.4 Å². The summed E-state index contributed by atoms with van der Waals surface area (Å²) in [7, 11) is 0. The van der Waals surface area contributed by atoms with Crippen LogP contribution in [0.25, 0.3) is 6.08 Å². The van der Waals surface area contributed by atoms with Crippen LogP contribution in [0, 0.1) is 0 Å². The van der Waals surface area contributed by atoms with Crippen molar-refractivity contribution in [3.8, 4) is 11.5 Å². The van der Waals surface area contributed by atoms with Gasteiger partial charge in [-0.2, -0.15) is 0 Å². The van der Waals surface area contributed by atoms with Crippen LogP contribution < -0.4 is 19.7 Å². The Bertz CT molecular complexity index is 1160. The molecule has 1 aliphatic rings. The number of benzene rings is 2. The SMILES string of the molecule is CCOc1cc(/C=C2\C(=O)NC(=S)N(c3ccc(C(=O)O)cc3)C2=O)cc(Br)c1OC(C)C. The van der Waals surface area contributed by atoms with Gasteiger partial charge in [0.1, 0.15) is 5.57 Å². The molecule has 1 fully saturated rings. The summed E-state index contributed by atoms with van der Waals surface area (Å²) < 4.78 is 12.1. The highest BCUT2D eigenvalue weighted by molar-refractivity contribution is 9.10. The number of carboxylic acids is 1. The van der Waals surface area contributed by atoms with Crippen LogP contribution >= 0.6 is 28.1 Å². The lowest BCUT2D eigenvalue weighted by molar-refractivity contribution is -0.122. The zero-order valence-corrected chi connectivity index (χ0v) is 20.5. The molecule has 1 saturated heterocycles. The number of aromatic carboxylic acids is 1. The Balaban J connectivity index is 2.01. The van der Waals surface area contributed by atoms with Gasteiger partial charge in [0.25, 0.3) is 11.8 Å². The Morgan fingerprint density at radius 2 is 1.91 bits per heavy atom. The number of ether oxygens (including phenoxy) is 2. The van der Waals surface area contributed by atoms with Crippen molar-refractivity contribution in [1.82, 2.24) is 5.32 Å². The van der Waals surface area contributed by atoms with Crippen LogP contribution in [0.3, 0.4) is 0 Å². The molecule has 0 bridgehead atoms. The molecule has 0 saturated carbocycles. The first-order valence-corrected chi connectivity index (χ1v) is 11.2. The van der Waals surface area contributed by atoms with E-state index >= 15 is 0 Å². The number of anilines is 1. The van der Waals surface area contributed by atoms with Crippen molar-refractivity contribution < 1.29 is 29.0 Å². The number of hydrogen-bond acceptors (Lipinski definition) is 6. The molecule has 2 amide bonds. The summed E-state index contributed by atoms with van der Waals surface area (Å²) in [4.78, 5) is 38.0. The molecule has 172 valence electrons. The van der Waals surface area contributed by atoms with E-state index in [0.29, 0.717) is 33.8 Å². The number of rotatable bonds is 7. The first-order valence-electron chi connectivity index (χ1n) is 10.00. The molecule has 1 heterocycles. The first kappa shape index (κ1) is 24.4. The molecule has 8 nitrogen and oxygen atoms in total. The monoisotopic (exact) mass is 532 g/mol. The maximum Gasteiger partial charge on any atom is 0.335 e. The third-order valence-corrected chi connectivity index (χ3v) is 5.34. The number of nitrogens with one attached hydrogen (secondary N) is 1. The van der Waals surface area contributed by atoms with Crippen molar-refractivity contribution in [3.05, 3.63) is 57.6 Å². The smallest absolute Gasteiger partial charge is 0.335 e. The van der Waals surface area contributed by atoms with Crippen molar-refractivity contribution >= 4 is 62.8 Å². The molecule has 0 atom stereocenters. The molecule has 0 radical (unpaired) electrons. The van der Waals surface area contributed by atoms with Crippen molar-refractivity contribution in [2.45, 2.75) is 26.9 Å². The van der Waals surface area contributed by atoms with Gasteiger partial charge in [-0.05, 0) is 97.0 Å². The lowest BCUT2D eigenvalue weighted by atomic mass is 10.1. The molecular formula is C23H21BrN2O6S. The van der Waals surface area contributed by atoms with Crippen LogP contribution in [0.15, 0.2) is 46.4 Å². The number of carboxylic acid groups (broad SMARTS) is 1. The van der Waals surface area contributed by atoms with Gasteiger partial charge >= 0.3 is 5.97 Å². The van der Waals surface area contributed by atoms with Crippen molar-refractivity contribution in [1.29, 1.82) is 0 Å². The summed E-state index contributed by atoms with van der Waals surface area (Å²) in [6.07, 6.45) is 1.35. The van der Waals surface area contributed by atoms with Crippen LogP contribution in [0.5, 0.6) is 11.5 Å². The van der Waals surface area contributed by atoms with Crippen LogP contribution in [0.1, 0.15) is 36.7 Å². The molecular weight excluding hydrogens is 512 g/mol. The van der Waals surface area contributed by atoms with Gasteiger partial charge in [-0.15, -0.1) is 0 Å². The molecule has 2 N–H and O–H groups in total. The molecule has 3 rings (SSSR count). The van der Waals surface area contributed by atoms with Crippen molar-refractivity contribution in [2.75, 3.05) is 11.5 Å². The molecule has 0 aromatic heterocycles. The number of carbonyl (C=O) groups is 3. The molecule has 33 heavy (non-hydrogen) atoms. The molecule has 1 aliphatic heterocycles. The predicted octanol–water partition coefficient (Wildman–Crippen LogP) is 4.16. The summed E-state index contributed by atoms with van der Waals surface area (Å²) in [5.74, 6) is -1.38. The Labute approximate surface area is 204 Å². The summed E-state index contributed by atoms with van der Waals surface area (Å²) in [6, 6.07) is 9.00. The van der Waals surface area contributed by atoms with E-state index in [1.54, 1.807) is 12.1 Å². The zero-order valence-electron chi connectivity index (χ0n) is 18.0. The number of nitrogens with zero attached hydrogens (tertiary/aromatic N) is 1. The van der Waals surface area contributed by atoms with Gasteiger partial charge < -0.3 is 14.6 Å². The van der Waals surface area contributed by atoms with Gasteiger partial charge in [-0.25, -0.2) is 4.79 Å². The Morgan fingerprint density at radius 1 is 1.24 bits per heavy atom. The van der Waals surface area contributed by atoms with Crippen LogP contribution in [-0.2, 0) is 9.59 Å². The largest absolute Gasteiger partial charge is 0.490 e. The maximum atomic E-state index is 13.2. The second-order valence-corrected chi connectivity index (χ2v) is 8.48. The third kappa shape index (κ3) is 5.40. The quantitative estimate of drug-likeness (QED) is 0.313. The highest BCUT2D eigenvalue weighted by Crippen LogP contribution is 2.38. The van der Waals surface area contributed by atoms with E-state index in [4.69, 9.17) is 26.8 Å². The normalized spacial score (nSPS) is 15.1. The summed E-state index contributed by atoms with van der Waals surface area (Å²) in [5, 5.41) is 11.5. The summed E-state index contributed by atoms with van der Waals surface area (Å²) >= 11 is 8.65. The maximum absolute atomic E-state index is 13.2. The average molecular weight is 533 g/mol. The van der Waals surface area contributed by atoms with E-state index in [9.17, 15) is 14.4 Å². The minimum atomic E-state index is -1.09. The molecule has 0 unspecified atom stereocenters. The lowest BCUT2D eigenvalue weighted by Gasteiger charge is -2.29. The van der Waals surface area contributed by atoms with Crippen molar-refractivity contribution in [2.24, 2.45) is 0 Å². The standard InChI is InChI=1S/C23H21BrN2O6S/c1-4-31-18-11-13(10-17(24)19(18)32-12(2)3)9-16-20(27)25-23(33)26(21(16)28)15-7-5-14(6-8-15)22(29)30/h5-12H,4H2,1-3H3,(H,29,30)(H,25,27,33)/b16-9+. The Kier molecular flexibility index (Phi) is 7.50. The molecule has 10 heteroatoms. The number of amides is 2. The van der Waals surface area contributed by atoms with E-state index in [1.807, 2.05) is 20.8 Å². The highest BCUT2D eigenvalue weighted by Gasteiger charge is 2.34. The van der Waals surface area contributed by atoms with Crippen molar-refractivity contribution in [3.63, 3.8) is 0 Å². The zero-order chi connectivity index (χ0) is 24.3. The first-order chi connectivity index (χ1) is 15.6. The molecule has 0 aliphatic carbocycles. The summed E-state index contributed by atoms with van der Waals surface area (Å²) in [6.45, 7) is 6.02. The Morgan fingerprint density at radius 3 is 2.48 bits per heavy atom. The number of hydrogen-bond donors (Lipinski definition) is 2. The minimum absolute atomic E-state index is 0.0611. The van der Waals surface area contributed by atoms with Gasteiger partial charge in [0.15, 0.2) is 16.6 Å². The second kappa shape index (κ2) is 10.1.